The van der Waals surface area contributed by atoms with Crippen molar-refractivity contribution in [1.29, 1.82) is 0 Å². The molecule has 0 radical (unpaired) electrons. The van der Waals surface area contributed by atoms with Crippen LogP contribution in [0.5, 0.6) is 0 Å². The molecule has 2 rings (SSSR count). The van der Waals surface area contributed by atoms with E-state index in [4.69, 9.17) is 0 Å². The second-order valence-corrected chi connectivity index (χ2v) is 7.00. The third-order valence-electron chi connectivity index (χ3n) is 5.06. The van der Waals surface area contributed by atoms with Crippen LogP contribution in [0.25, 0.3) is 0 Å². The van der Waals surface area contributed by atoms with Crippen molar-refractivity contribution in [1.82, 2.24) is 0 Å². The molecule has 0 aromatic rings. The van der Waals surface area contributed by atoms with E-state index in [0.29, 0.717) is 6.42 Å². The monoisotopic (exact) mass is 266 g/mol. The Morgan fingerprint density at radius 1 is 1.26 bits per heavy atom. The molecule has 0 amide bonds. The highest BCUT2D eigenvalue weighted by Crippen LogP contribution is 2.58. The van der Waals surface area contributed by atoms with Crippen molar-refractivity contribution in [3.63, 3.8) is 0 Å². The number of hydrogen-bond donors (Lipinski definition) is 2. The number of hydrogen-bond acceptors (Lipinski definition) is 3. The van der Waals surface area contributed by atoms with Crippen LogP contribution in [0.2, 0.25) is 0 Å². The fourth-order valence-electron chi connectivity index (χ4n) is 4.15. The second kappa shape index (κ2) is 3.92. The van der Waals surface area contributed by atoms with Crippen molar-refractivity contribution < 1.29 is 19.8 Å². The van der Waals surface area contributed by atoms with Crippen LogP contribution in [-0.4, -0.2) is 27.6 Å². The molecule has 19 heavy (non-hydrogen) atoms. The molecule has 2 N–H and O–H groups in total. The summed E-state index contributed by atoms with van der Waals surface area (Å²) in [5.41, 5.74) is -1.77. The van der Waals surface area contributed by atoms with E-state index in [-0.39, 0.29) is 5.41 Å². The van der Waals surface area contributed by atoms with Crippen molar-refractivity contribution >= 4 is 11.8 Å². The average Bonchev–Trinajstić information content (AvgIpc) is 2.20. The lowest BCUT2D eigenvalue weighted by Gasteiger charge is -2.54. The lowest BCUT2D eigenvalue weighted by molar-refractivity contribution is -0.169. The number of carboxylic acid groups (broad SMARTS) is 1. The first-order chi connectivity index (χ1) is 8.53. The number of aliphatic carboxylic acids is 1. The van der Waals surface area contributed by atoms with Gasteiger partial charge in [0.25, 0.3) is 0 Å². The van der Waals surface area contributed by atoms with Gasteiger partial charge < -0.3 is 10.2 Å². The third-order valence-corrected chi connectivity index (χ3v) is 5.06. The molecule has 0 unspecified atom stereocenters. The first-order valence-corrected chi connectivity index (χ1v) is 6.76. The molecule has 2 aliphatic carbocycles. The molecule has 1 fully saturated rings. The predicted molar refractivity (Wildman–Crippen MR) is 70.6 cm³/mol. The zero-order chi connectivity index (χ0) is 14.6. The number of allylic oxidation sites excluding steroid dienone is 1. The SMILES string of the molecule is CC1(C)CCC[C@@]2(C)C1=CC(=O)[C@@](C)(O)[C@@H]2C(=O)O. The maximum absolute atomic E-state index is 12.1. The molecule has 0 aliphatic heterocycles. The molecule has 0 saturated heterocycles. The Hall–Kier alpha value is -1.16. The van der Waals surface area contributed by atoms with Crippen LogP contribution in [0.4, 0.5) is 0 Å². The normalized spacial score (nSPS) is 41.4. The molecule has 0 bridgehead atoms. The number of carbonyl (C=O) groups is 2. The van der Waals surface area contributed by atoms with Gasteiger partial charge in [-0.25, -0.2) is 0 Å². The number of carbonyl (C=O) groups excluding carboxylic acids is 1. The van der Waals surface area contributed by atoms with Crippen LogP contribution in [-0.2, 0) is 9.59 Å². The van der Waals surface area contributed by atoms with Crippen molar-refractivity contribution in [3.8, 4) is 0 Å². The van der Waals surface area contributed by atoms with E-state index in [9.17, 15) is 19.8 Å². The topological polar surface area (TPSA) is 74.6 Å². The Balaban J connectivity index is 2.67. The summed E-state index contributed by atoms with van der Waals surface area (Å²) in [4.78, 5) is 23.8. The van der Waals surface area contributed by atoms with Crippen molar-refractivity contribution in [2.24, 2.45) is 16.7 Å². The largest absolute Gasteiger partial charge is 0.481 e. The first-order valence-electron chi connectivity index (χ1n) is 6.76. The van der Waals surface area contributed by atoms with Crippen LogP contribution in [0.15, 0.2) is 11.6 Å². The van der Waals surface area contributed by atoms with Gasteiger partial charge in [-0.05, 0) is 31.3 Å². The molecule has 106 valence electrons. The molecular weight excluding hydrogens is 244 g/mol. The molecule has 0 aromatic carbocycles. The average molecular weight is 266 g/mol. The van der Waals surface area contributed by atoms with Gasteiger partial charge in [-0.3, -0.25) is 9.59 Å². The molecule has 2 aliphatic rings. The van der Waals surface area contributed by atoms with Gasteiger partial charge in [0.15, 0.2) is 5.78 Å². The van der Waals surface area contributed by atoms with Crippen molar-refractivity contribution in [3.05, 3.63) is 11.6 Å². The van der Waals surface area contributed by atoms with Gasteiger partial charge >= 0.3 is 5.97 Å². The van der Waals surface area contributed by atoms with Gasteiger partial charge in [-0.2, -0.15) is 0 Å². The lowest BCUT2D eigenvalue weighted by atomic mass is 9.50. The molecule has 0 aromatic heterocycles. The summed E-state index contributed by atoms with van der Waals surface area (Å²) in [5, 5.41) is 19.9. The Morgan fingerprint density at radius 3 is 2.37 bits per heavy atom. The highest BCUT2D eigenvalue weighted by molar-refractivity contribution is 6.02. The summed E-state index contributed by atoms with van der Waals surface area (Å²) in [5.74, 6) is -2.65. The Morgan fingerprint density at radius 2 is 1.84 bits per heavy atom. The van der Waals surface area contributed by atoms with Crippen LogP contribution < -0.4 is 0 Å². The molecule has 4 heteroatoms. The minimum atomic E-state index is -1.82. The Labute approximate surface area is 113 Å². The number of fused-ring (bicyclic) bond motifs is 1. The molecule has 4 nitrogen and oxygen atoms in total. The fourth-order valence-corrected chi connectivity index (χ4v) is 4.15. The smallest absolute Gasteiger partial charge is 0.310 e. The molecular formula is C15H22O4. The maximum Gasteiger partial charge on any atom is 0.310 e. The zero-order valence-electron chi connectivity index (χ0n) is 12.0. The zero-order valence-corrected chi connectivity index (χ0v) is 12.0. The summed E-state index contributed by atoms with van der Waals surface area (Å²) in [6.07, 6.45) is 4.05. The van der Waals surface area contributed by atoms with Gasteiger partial charge in [0.1, 0.15) is 11.5 Å². The highest BCUT2D eigenvalue weighted by atomic mass is 16.4. The van der Waals surface area contributed by atoms with Gasteiger partial charge in [-0.15, -0.1) is 0 Å². The van der Waals surface area contributed by atoms with Crippen molar-refractivity contribution in [2.75, 3.05) is 0 Å². The lowest BCUT2D eigenvalue weighted by Crippen LogP contribution is -2.59. The van der Waals surface area contributed by atoms with Crippen LogP contribution in [0.3, 0.4) is 0 Å². The van der Waals surface area contributed by atoms with Gasteiger partial charge in [0.05, 0.1) is 0 Å². The molecule has 0 spiro atoms. The standard InChI is InChI=1S/C15H22O4/c1-13(2)6-5-7-14(3)9(13)8-10(16)15(4,19)11(14)12(17)18/h8,11,19H,5-7H2,1-4H3,(H,17,18)/t11-,14+,15-/m1/s1. The van der Waals surface area contributed by atoms with Crippen LogP contribution in [0, 0.1) is 16.7 Å². The molecule has 1 saturated carbocycles. The summed E-state index contributed by atoms with van der Waals surface area (Å²) in [6, 6.07) is 0. The highest BCUT2D eigenvalue weighted by Gasteiger charge is 2.60. The van der Waals surface area contributed by atoms with Gasteiger partial charge in [0, 0.05) is 5.41 Å². The predicted octanol–water partition coefficient (Wildman–Crippen LogP) is 2.16. The quantitative estimate of drug-likeness (QED) is 0.762. The van der Waals surface area contributed by atoms with Gasteiger partial charge in [0.2, 0.25) is 0 Å². The summed E-state index contributed by atoms with van der Waals surface area (Å²) in [7, 11) is 0. The van der Waals surface area contributed by atoms with E-state index in [2.05, 4.69) is 0 Å². The number of ketones is 1. The van der Waals surface area contributed by atoms with E-state index in [1.54, 1.807) is 0 Å². The number of aliphatic hydroxyl groups is 1. The molecule has 3 atom stereocenters. The van der Waals surface area contributed by atoms with E-state index < -0.39 is 28.7 Å². The van der Waals surface area contributed by atoms with E-state index in [1.165, 1.54) is 13.0 Å². The maximum atomic E-state index is 12.1. The van der Waals surface area contributed by atoms with Gasteiger partial charge in [-0.1, -0.05) is 32.8 Å². The van der Waals surface area contributed by atoms with Crippen LogP contribution >= 0.6 is 0 Å². The minimum absolute atomic E-state index is 0.188. The van der Waals surface area contributed by atoms with E-state index >= 15 is 0 Å². The summed E-state index contributed by atoms with van der Waals surface area (Å²) >= 11 is 0. The first kappa shape index (κ1) is 14.3. The Kier molecular flexibility index (Phi) is 2.94. The Bertz CT molecular complexity index is 473. The summed E-state index contributed by atoms with van der Waals surface area (Å²) in [6.45, 7) is 7.29. The number of rotatable bonds is 1. The summed E-state index contributed by atoms with van der Waals surface area (Å²) < 4.78 is 0. The van der Waals surface area contributed by atoms with Crippen molar-refractivity contribution in [2.45, 2.75) is 52.6 Å². The second-order valence-electron chi connectivity index (χ2n) is 7.00. The number of carboxylic acids is 1. The minimum Gasteiger partial charge on any atom is -0.481 e. The fraction of sp³-hybridized carbons (Fsp3) is 0.733. The van der Waals surface area contributed by atoms with E-state index in [1.807, 2.05) is 20.8 Å². The van der Waals surface area contributed by atoms with Crippen LogP contribution in [0.1, 0.15) is 47.0 Å². The third kappa shape index (κ3) is 1.84. The molecule has 0 heterocycles. The van der Waals surface area contributed by atoms with E-state index in [0.717, 1.165) is 18.4 Å².